The number of urea groups is 1. The highest BCUT2D eigenvalue weighted by atomic mass is 79.9. The molecule has 1 aliphatic heterocycles. The highest BCUT2D eigenvalue weighted by molar-refractivity contribution is 9.10. The van der Waals surface area contributed by atoms with Crippen LogP contribution in [0.2, 0.25) is 0 Å². The first-order chi connectivity index (χ1) is 15.9. The van der Waals surface area contributed by atoms with E-state index < -0.39 is 0 Å². The van der Waals surface area contributed by atoms with Crippen LogP contribution >= 0.6 is 27.3 Å². The van der Waals surface area contributed by atoms with Gasteiger partial charge in [0.1, 0.15) is 0 Å². The molecule has 0 saturated carbocycles. The van der Waals surface area contributed by atoms with Gasteiger partial charge in [-0.05, 0) is 28.8 Å². The fourth-order valence-corrected chi connectivity index (χ4v) is 4.98. The molecular formula is C25H30BrN5OS. The number of carbonyl (C=O) groups is 1. The topological polar surface area (TPSA) is 69.3 Å². The third kappa shape index (κ3) is 6.41. The molecule has 33 heavy (non-hydrogen) atoms. The summed E-state index contributed by atoms with van der Waals surface area (Å²) < 4.78 is 1.05. The molecule has 3 aromatic rings. The molecule has 8 heteroatoms. The van der Waals surface area contributed by atoms with Crippen molar-refractivity contribution in [1.82, 2.24) is 20.5 Å². The summed E-state index contributed by atoms with van der Waals surface area (Å²) in [5, 5.41) is 11.8. The van der Waals surface area contributed by atoms with Crippen LogP contribution in [0.25, 0.3) is 0 Å². The number of benzene rings is 2. The number of piperazine rings is 1. The Hall–Kier alpha value is -2.26. The Labute approximate surface area is 207 Å². The van der Waals surface area contributed by atoms with E-state index in [2.05, 4.69) is 92.0 Å². The molecule has 0 radical (unpaired) electrons. The van der Waals surface area contributed by atoms with Crippen molar-refractivity contribution in [2.75, 3.05) is 31.5 Å². The first kappa shape index (κ1) is 23.9. The molecule has 0 aliphatic carbocycles. The van der Waals surface area contributed by atoms with Gasteiger partial charge in [0.25, 0.3) is 0 Å². The summed E-state index contributed by atoms with van der Waals surface area (Å²) in [6, 6.07) is 16.5. The second kappa shape index (κ2) is 10.8. The molecule has 1 fully saturated rings. The fraction of sp³-hybridized carbons (Fsp3) is 0.360. The Morgan fingerprint density at radius 2 is 1.76 bits per heavy atom. The number of hydrogen-bond acceptors (Lipinski definition) is 5. The van der Waals surface area contributed by atoms with Gasteiger partial charge in [0, 0.05) is 54.5 Å². The number of aromatic nitrogens is 1. The number of carbonyl (C=O) groups excluding carboxylic acids is 1. The molecule has 0 spiro atoms. The van der Waals surface area contributed by atoms with E-state index in [1.807, 2.05) is 17.5 Å². The van der Waals surface area contributed by atoms with E-state index in [4.69, 9.17) is 0 Å². The van der Waals surface area contributed by atoms with Crippen LogP contribution in [0.3, 0.4) is 0 Å². The molecule has 2 heterocycles. The van der Waals surface area contributed by atoms with Gasteiger partial charge in [-0.3, -0.25) is 10.2 Å². The van der Waals surface area contributed by atoms with E-state index in [9.17, 15) is 4.79 Å². The van der Waals surface area contributed by atoms with E-state index in [-0.39, 0.29) is 11.4 Å². The van der Waals surface area contributed by atoms with Gasteiger partial charge in [0.2, 0.25) is 0 Å². The number of halogens is 1. The number of nitrogens with zero attached hydrogens (tertiary/aromatic N) is 2. The second-order valence-electron chi connectivity index (χ2n) is 8.82. The summed E-state index contributed by atoms with van der Waals surface area (Å²) in [6.45, 7) is 10.0. The largest absolute Gasteiger partial charge is 0.334 e. The Kier molecular flexibility index (Phi) is 7.80. The van der Waals surface area contributed by atoms with Crippen molar-refractivity contribution in [3.63, 3.8) is 0 Å². The first-order valence-electron chi connectivity index (χ1n) is 11.2. The maximum atomic E-state index is 12.4. The number of nitrogens with one attached hydrogen (secondary N) is 3. The summed E-state index contributed by atoms with van der Waals surface area (Å²) in [4.78, 5) is 19.5. The molecule has 6 nitrogen and oxygen atoms in total. The molecule has 174 valence electrons. The van der Waals surface area contributed by atoms with Crippen molar-refractivity contribution in [2.45, 2.75) is 32.4 Å². The summed E-state index contributed by atoms with van der Waals surface area (Å²) in [5.41, 5.74) is 4.23. The van der Waals surface area contributed by atoms with Gasteiger partial charge < -0.3 is 10.6 Å². The van der Waals surface area contributed by atoms with Gasteiger partial charge in [-0.25, -0.2) is 9.78 Å². The van der Waals surface area contributed by atoms with Gasteiger partial charge >= 0.3 is 6.03 Å². The van der Waals surface area contributed by atoms with Gasteiger partial charge in [-0.2, -0.15) is 0 Å². The highest BCUT2D eigenvalue weighted by Crippen LogP contribution is 2.34. The summed E-state index contributed by atoms with van der Waals surface area (Å²) in [6.07, 6.45) is 0. The van der Waals surface area contributed by atoms with Gasteiger partial charge in [0.05, 0.1) is 5.69 Å². The minimum atomic E-state index is -0.250. The van der Waals surface area contributed by atoms with Crippen LogP contribution in [0.5, 0.6) is 0 Å². The minimum absolute atomic E-state index is 0.248. The lowest BCUT2D eigenvalue weighted by Crippen LogP contribution is -2.42. The quantitative estimate of drug-likeness (QED) is 0.406. The monoisotopic (exact) mass is 527 g/mol. The molecule has 1 saturated heterocycles. The first-order valence-corrected chi connectivity index (χ1v) is 12.9. The molecule has 0 bridgehead atoms. The van der Waals surface area contributed by atoms with E-state index in [0.29, 0.717) is 11.7 Å². The van der Waals surface area contributed by atoms with Crippen molar-refractivity contribution < 1.29 is 4.79 Å². The van der Waals surface area contributed by atoms with Crippen LogP contribution in [0.4, 0.5) is 9.93 Å². The molecule has 1 aliphatic rings. The van der Waals surface area contributed by atoms with Crippen molar-refractivity contribution >= 4 is 38.4 Å². The summed E-state index contributed by atoms with van der Waals surface area (Å²) >= 11 is 4.92. The van der Waals surface area contributed by atoms with Crippen LogP contribution in [-0.4, -0.2) is 42.1 Å². The smallest absolute Gasteiger partial charge is 0.321 e. The van der Waals surface area contributed by atoms with E-state index >= 15 is 0 Å². The second-order valence-corrected chi connectivity index (χ2v) is 10.6. The number of anilines is 1. The third-order valence-corrected chi connectivity index (χ3v) is 7.31. The fourth-order valence-electron chi connectivity index (χ4n) is 3.85. The average Bonchev–Trinajstić information content (AvgIpc) is 3.29. The number of hydrogen-bond donors (Lipinski definition) is 3. The zero-order valence-corrected chi connectivity index (χ0v) is 21.4. The van der Waals surface area contributed by atoms with Crippen LogP contribution in [-0.2, 0) is 18.5 Å². The van der Waals surface area contributed by atoms with Crippen LogP contribution in [0, 0.1) is 0 Å². The predicted molar refractivity (Wildman–Crippen MR) is 139 cm³/mol. The van der Waals surface area contributed by atoms with Gasteiger partial charge in [-0.1, -0.05) is 66.2 Å². The van der Waals surface area contributed by atoms with Crippen LogP contribution in [0.15, 0.2) is 58.4 Å². The van der Waals surface area contributed by atoms with Gasteiger partial charge in [-0.15, -0.1) is 11.3 Å². The van der Waals surface area contributed by atoms with Crippen molar-refractivity contribution in [3.8, 4) is 0 Å². The number of rotatable bonds is 7. The van der Waals surface area contributed by atoms with Crippen LogP contribution < -0.4 is 16.0 Å². The lowest BCUT2D eigenvalue weighted by Gasteiger charge is -2.27. The Morgan fingerprint density at radius 1 is 1.09 bits per heavy atom. The Balaban J connectivity index is 1.28. The van der Waals surface area contributed by atoms with Gasteiger partial charge in [0.15, 0.2) is 5.13 Å². The van der Waals surface area contributed by atoms with E-state index in [0.717, 1.165) is 48.5 Å². The normalized spacial score (nSPS) is 14.8. The maximum absolute atomic E-state index is 12.4. The van der Waals surface area contributed by atoms with Crippen molar-refractivity contribution in [1.29, 1.82) is 0 Å². The average molecular weight is 529 g/mol. The minimum Gasteiger partial charge on any atom is -0.334 e. The molecule has 2 amide bonds. The molecule has 2 aromatic carbocycles. The standard InChI is InChI=1S/C25H30BrN5OS/c1-25(2,20-7-9-21(26)10-8-20)22-17-33-24(29-22)30-23(32)28-15-18-3-5-19(6-4-18)16-31-13-11-27-12-14-31/h3-10,17,27H,11-16H2,1-2H3,(H2,28,29,30,32). The highest BCUT2D eigenvalue weighted by Gasteiger charge is 2.26. The predicted octanol–water partition coefficient (Wildman–Crippen LogP) is 4.96. The van der Waals surface area contributed by atoms with E-state index in [1.54, 1.807) is 0 Å². The maximum Gasteiger partial charge on any atom is 0.321 e. The van der Waals surface area contributed by atoms with Crippen molar-refractivity contribution in [2.24, 2.45) is 0 Å². The van der Waals surface area contributed by atoms with E-state index in [1.165, 1.54) is 22.5 Å². The summed E-state index contributed by atoms with van der Waals surface area (Å²) in [5.74, 6) is 0. The number of thiazole rings is 1. The molecule has 1 aromatic heterocycles. The molecule has 0 atom stereocenters. The lowest BCUT2D eigenvalue weighted by molar-refractivity contribution is 0.233. The molecule has 4 rings (SSSR count). The zero-order valence-electron chi connectivity index (χ0n) is 19.0. The number of amides is 2. The van der Waals surface area contributed by atoms with Crippen LogP contribution in [0.1, 0.15) is 36.2 Å². The lowest BCUT2D eigenvalue weighted by atomic mass is 9.82. The van der Waals surface area contributed by atoms with Crippen molar-refractivity contribution in [3.05, 3.63) is 80.8 Å². The Morgan fingerprint density at radius 3 is 2.45 bits per heavy atom. The molecular weight excluding hydrogens is 498 g/mol. The molecule has 0 unspecified atom stereocenters. The SMILES string of the molecule is CC(C)(c1ccc(Br)cc1)c1csc(NC(=O)NCc2ccc(CN3CCNCC3)cc2)n1. The zero-order chi connectivity index (χ0) is 23.3. The third-order valence-electron chi connectivity index (χ3n) is 6.02. The summed E-state index contributed by atoms with van der Waals surface area (Å²) in [7, 11) is 0. The molecule has 3 N–H and O–H groups in total. The Bertz CT molecular complexity index is 1060.